The van der Waals surface area contributed by atoms with Gasteiger partial charge in [0, 0.05) is 13.1 Å². The Labute approximate surface area is 110 Å². The Hall–Kier alpha value is -1.53. The number of rotatable bonds is 6. The van der Waals surface area contributed by atoms with Crippen molar-refractivity contribution in [1.29, 1.82) is 5.26 Å². The van der Waals surface area contributed by atoms with Crippen molar-refractivity contribution in [3.05, 3.63) is 29.3 Å². The summed E-state index contributed by atoms with van der Waals surface area (Å²) in [6.45, 7) is 7.46. The SMILES string of the molecule is CCc1cc(CNCC(C)(C)C#N)ccc1OC. The fourth-order valence-corrected chi connectivity index (χ4v) is 1.78. The molecule has 18 heavy (non-hydrogen) atoms. The lowest BCUT2D eigenvalue weighted by atomic mass is 9.96. The van der Waals surface area contributed by atoms with Crippen LogP contribution < -0.4 is 10.1 Å². The Morgan fingerprint density at radius 2 is 2.11 bits per heavy atom. The van der Waals surface area contributed by atoms with Crippen LogP contribution in [0.4, 0.5) is 0 Å². The smallest absolute Gasteiger partial charge is 0.122 e. The minimum absolute atomic E-state index is 0.319. The molecule has 98 valence electrons. The number of hydrogen-bond acceptors (Lipinski definition) is 3. The molecule has 1 N–H and O–H groups in total. The lowest BCUT2D eigenvalue weighted by molar-refractivity contribution is 0.409. The van der Waals surface area contributed by atoms with Crippen molar-refractivity contribution in [3.8, 4) is 11.8 Å². The number of nitrogens with zero attached hydrogens (tertiary/aromatic N) is 1. The summed E-state index contributed by atoms with van der Waals surface area (Å²) in [5, 5.41) is 12.3. The van der Waals surface area contributed by atoms with Gasteiger partial charge in [0.05, 0.1) is 18.6 Å². The van der Waals surface area contributed by atoms with E-state index in [9.17, 15) is 0 Å². The average molecular weight is 246 g/mol. The second-order valence-electron chi connectivity index (χ2n) is 5.10. The van der Waals surface area contributed by atoms with Gasteiger partial charge in [0.15, 0.2) is 0 Å². The summed E-state index contributed by atoms with van der Waals surface area (Å²) in [5.74, 6) is 0.943. The van der Waals surface area contributed by atoms with Crippen LogP contribution in [0.25, 0.3) is 0 Å². The van der Waals surface area contributed by atoms with E-state index in [1.807, 2.05) is 19.9 Å². The molecule has 0 fully saturated rings. The summed E-state index contributed by atoms with van der Waals surface area (Å²) in [7, 11) is 1.70. The average Bonchev–Trinajstić information content (AvgIpc) is 2.38. The minimum Gasteiger partial charge on any atom is -0.496 e. The number of hydrogen-bond donors (Lipinski definition) is 1. The van der Waals surface area contributed by atoms with Gasteiger partial charge in [-0.2, -0.15) is 5.26 Å². The molecule has 0 aliphatic heterocycles. The molecular formula is C15H22N2O. The van der Waals surface area contributed by atoms with Crippen LogP contribution in [0.1, 0.15) is 31.9 Å². The molecule has 0 saturated carbocycles. The number of benzene rings is 1. The van der Waals surface area contributed by atoms with Crippen LogP contribution >= 0.6 is 0 Å². The molecule has 3 nitrogen and oxygen atoms in total. The molecule has 0 atom stereocenters. The fraction of sp³-hybridized carbons (Fsp3) is 0.533. The highest BCUT2D eigenvalue weighted by Crippen LogP contribution is 2.20. The molecule has 0 aromatic heterocycles. The maximum Gasteiger partial charge on any atom is 0.122 e. The third-order valence-corrected chi connectivity index (χ3v) is 2.92. The third-order valence-electron chi connectivity index (χ3n) is 2.92. The predicted octanol–water partition coefficient (Wildman–Crippen LogP) is 2.90. The summed E-state index contributed by atoms with van der Waals surface area (Å²) in [4.78, 5) is 0. The summed E-state index contributed by atoms with van der Waals surface area (Å²) in [5.41, 5.74) is 2.12. The van der Waals surface area contributed by atoms with E-state index in [-0.39, 0.29) is 5.41 Å². The monoisotopic (exact) mass is 246 g/mol. The van der Waals surface area contributed by atoms with E-state index < -0.39 is 0 Å². The molecule has 0 bridgehead atoms. The number of methoxy groups -OCH3 is 1. The predicted molar refractivity (Wildman–Crippen MR) is 73.5 cm³/mol. The lowest BCUT2D eigenvalue weighted by Crippen LogP contribution is -2.27. The van der Waals surface area contributed by atoms with Crippen molar-refractivity contribution in [2.24, 2.45) is 5.41 Å². The van der Waals surface area contributed by atoms with Gasteiger partial charge in [-0.15, -0.1) is 0 Å². The maximum absolute atomic E-state index is 8.94. The van der Waals surface area contributed by atoms with E-state index in [1.165, 1.54) is 11.1 Å². The van der Waals surface area contributed by atoms with E-state index >= 15 is 0 Å². The molecule has 0 saturated heterocycles. The molecule has 0 heterocycles. The first kappa shape index (κ1) is 14.5. The highest BCUT2D eigenvalue weighted by molar-refractivity contribution is 5.37. The first-order chi connectivity index (χ1) is 8.52. The van der Waals surface area contributed by atoms with Crippen LogP contribution in [0.2, 0.25) is 0 Å². The second kappa shape index (κ2) is 6.42. The molecule has 1 aromatic rings. The third kappa shape index (κ3) is 4.05. The highest BCUT2D eigenvalue weighted by atomic mass is 16.5. The zero-order chi connectivity index (χ0) is 13.6. The Morgan fingerprint density at radius 1 is 1.39 bits per heavy atom. The molecule has 0 aliphatic rings. The maximum atomic E-state index is 8.94. The van der Waals surface area contributed by atoms with Crippen LogP contribution in [-0.2, 0) is 13.0 Å². The van der Waals surface area contributed by atoms with E-state index in [0.29, 0.717) is 6.54 Å². The molecule has 0 unspecified atom stereocenters. The van der Waals surface area contributed by atoms with Crippen LogP contribution in [-0.4, -0.2) is 13.7 Å². The first-order valence-electron chi connectivity index (χ1n) is 6.30. The molecule has 0 spiro atoms. The van der Waals surface area contributed by atoms with Gasteiger partial charge in [-0.25, -0.2) is 0 Å². The van der Waals surface area contributed by atoms with Crippen molar-refractivity contribution in [2.75, 3.05) is 13.7 Å². The van der Waals surface area contributed by atoms with Crippen LogP contribution in [0.5, 0.6) is 5.75 Å². The quantitative estimate of drug-likeness (QED) is 0.839. The number of ether oxygens (including phenoxy) is 1. The Morgan fingerprint density at radius 3 is 2.67 bits per heavy atom. The van der Waals surface area contributed by atoms with Gasteiger partial charge in [0.2, 0.25) is 0 Å². The number of aryl methyl sites for hydroxylation is 1. The molecule has 1 rings (SSSR count). The first-order valence-corrected chi connectivity index (χ1v) is 6.30. The molecular weight excluding hydrogens is 224 g/mol. The van der Waals surface area contributed by atoms with Crippen LogP contribution in [0, 0.1) is 16.7 Å². The van der Waals surface area contributed by atoms with Crippen molar-refractivity contribution in [3.63, 3.8) is 0 Å². The highest BCUT2D eigenvalue weighted by Gasteiger charge is 2.15. The molecule has 3 heteroatoms. The van der Waals surface area contributed by atoms with E-state index in [1.54, 1.807) is 7.11 Å². The summed E-state index contributed by atoms with van der Waals surface area (Å²) in [6, 6.07) is 8.51. The lowest BCUT2D eigenvalue weighted by Gasteiger charge is -2.16. The minimum atomic E-state index is -0.319. The van der Waals surface area contributed by atoms with E-state index in [4.69, 9.17) is 10.00 Å². The van der Waals surface area contributed by atoms with Crippen molar-refractivity contribution in [1.82, 2.24) is 5.32 Å². The zero-order valence-electron chi connectivity index (χ0n) is 11.7. The fourth-order valence-electron chi connectivity index (χ4n) is 1.78. The van der Waals surface area contributed by atoms with Gasteiger partial charge in [-0.05, 0) is 37.5 Å². The van der Waals surface area contributed by atoms with Crippen LogP contribution in [0.15, 0.2) is 18.2 Å². The van der Waals surface area contributed by atoms with Gasteiger partial charge in [0.25, 0.3) is 0 Å². The van der Waals surface area contributed by atoms with Gasteiger partial charge in [-0.3, -0.25) is 0 Å². The number of nitriles is 1. The molecule has 0 radical (unpaired) electrons. The normalized spacial score (nSPS) is 11.1. The van der Waals surface area contributed by atoms with Gasteiger partial charge < -0.3 is 10.1 Å². The Kier molecular flexibility index (Phi) is 5.18. The van der Waals surface area contributed by atoms with Crippen molar-refractivity contribution >= 4 is 0 Å². The van der Waals surface area contributed by atoms with E-state index in [2.05, 4.69) is 30.4 Å². The Bertz CT molecular complexity index is 433. The van der Waals surface area contributed by atoms with Crippen molar-refractivity contribution in [2.45, 2.75) is 33.7 Å². The summed E-state index contributed by atoms with van der Waals surface area (Å²) >= 11 is 0. The van der Waals surface area contributed by atoms with E-state index in [0.717, 1.165) is 18.7 Å². The largest absolute Gasteiger partial charge is 0.496 e. The van der Waals surface area contributed by atoms with Gasteiger partial charge in [-0.1, -0.05) is 19.1 Å². The molecule has 0 aliphatic carbocycles. The van der Waals surface area contributed by atoms with Crippen molar-refractivity contribution < 1.29 is 4.74 Å². The topological polar surface area (TPSA) is 45.0 Å². The number of nitrogens with one attached hydrogen (secondary N) is 1. The summed E-state index contributed by atoms with van der Waals surface area (Å²) in [6.07, 6.45) is 0.959. The Balaban J connectivity index is 2.61. The van der Waals surface area contributed by atoms with Gasteiger partial charge in [0.1, 0.15) is 5.75 Å². The molecule has 0 amide bonds. The second-order valence-corrected chi connectivity index (χ2v) is 5.10. The summed E-state index contributed by atoms with van der Waals surface area (Å²) < 4.78 is 5.30. The van der Waals surface area contributed by atoms with Gasteiger partial charge >= 0.3 is 0 Å². The molecule has 1 aromatic carbocycles. The zero-order valence-corrected chi connectivity index (χ0v) is 11.7. The standard InChI is InChI=1S/C15H22N2O/c1-5-13-8-12(6-7-14(13)18-4)9-17-11-15(2,3)10-16/h6-8,17H,5,9,11H2,1-4H3. The van der Waals surface area contributed by atoms with Crippen LogP contribution in [0.3, 0.4) is 0 Å².